The minimum Gasteiger partial charge on any atom is -0.337 e. The third kappa shape index (κ3) is 3.21. The van der Waals surface area contributed by atoms with E-state index in [-0.39, 0.29) is 17.4 Å². The summed E-state index contributed by atoms with van der Waals surface area (Å²) in [5, 5.41) is 3.42. The summed E-state index contributed by atoms with van der Waals surface area (Å²) in [6, 6.07) is 10.9. The number of nitrogens with zero attached hydrogens (tertiary/aromatic N) is 1. The molecule has 2 unspecified atom stereocenters. The van der Waals surface area contributed by atoms with Gasteiger partial charge in [-0.15, -0.1) is 0 Å². The fourth-order valence-electron chi connectivity index (χ4n) is 2.88. The molecular formula is C17H26N2O. The molecule has 1 aliphatic rings. The summed E-state index contributed by atoms with van der Waals surface area (Å²) >= 11 is 0. The van der Waals surface area contributed by atoms with Crippen molar-refractivity contribution in [3.05, 3.63) is 35.9 Å². The molecule has 1 fully saturated rings. The van der Waals surface area contributed by atoms with Gasteiger partial charge in [-0.25, -0.2) is 0 Å². The van der Waals surface area contributed by atoms with Crippen LogP contribution in [0.25, 0.3) is 0 Å². The zero-order chi connectivity index (χ0) is 14.8. The molecule has 0 bridgehead atoms. The Bertz CT molecular complexity index is 455. The summed E-state index contributed by atoms with van der Waals surface area (Å²) in [4.78, 5) is 14.7. The van der Waals surface area contributed by atoms with Crippen LogP contribution in [0.1, 0.15) is 39.7 Å². The van der Waals surface area contributed by atoms with Crippen LogP contribution in [-0.2, 0) is 10.2 Å². The van der Waals surface area contributed by atoms with Crippen LogP contribution in [0.15, 0.2) is 30.3 Å². The highest BCUT2D eigenvalue weighted by molar-refractivity contribution is 5.78. The number of nitrogens with one attached hydrogen (secondary N) is 1. The maximum Gasteiger partial charge on any atom is 0.223 e. The molecule has 1 aromatic rings. The van der Waals surface area contributed by atoms with Crippen molar-refractivity contribution >= 4 is 5.91 Å². The van der Waals surface area contributed by atoms with Crippen LogP contribution in [0.2, 0.25) is 0 Å². The number of benzene rings is 1. The maximum absolute atomic E-state index is 12.6. The van der Waals surface area contributed by atoms with Gasteiger partial charge in [0.15, 0.2) is 0 Å². The van der Waals surface area contributed by atoms with Gasteiger partial charge in [-0.1, -0.05) is 44.2 Å². The fraction of sp³-hybridized carbons (Fsp3) is 0.588. The molecule has 0 radical (unpaired) electrons. The maximum atomic E-state index is 12.6. The molecule has 0 spiro atoms. The van der Waals surface area contributed by atoms with Crippen LogP contribution in [0.5, 0.6) is 0 Å². The number of amides is 1. The minimum atomic E-state index is -0.119. The van der Waals surface area contributed by atoms with Gasteiger partial charge in [0.2, 0.25) is 5.91 Å². The van der Waals surface area contributed by atoms with Gasteiger partial charge in [-0.05, 0) is 24.8 Å². The van der Waals surface area contributed by atoms with E-state index in [1.807, 2.05) is 23.1 Å². The highest BCUT2D eigenvalue weighted by Gasteiger charge is 2.32. The fourth-order valence-corrected chi connectivity index (χ4v) is 2.88. The Labute approximate surface area is 122 Å². The molecule has 1 N–H and O–H groups in total. The van der Waals surface area contributed by atoms with Gasteiger partial charge in [0.25, 0.3) is 0 Å². The number of rotatable bonds is 3. The summed E-state index contributed by atoms with van der Waals surface area (Å²) in [5.41, 5.74) is 1.11. The minimum absolute atomic E-state index is 0.119. The van der Waals surface area contributed by atoms with Crippen molar-refractivity contribution in [3.8, 4) is 0 Å². The van der Waals surface area contributed by atoms with Crippen molar-refractivity contribution in [2.75, 3.05) is 13.1 Å². The second-order valence-corrected chi connectivity index (χ2v) is 6.50. The molecule has 1 aromatic carbocycles. The lowest BCUT2D eigenvalue weighted by Crippen LogP contribution is -2.57. The average molecular weight is 274 g/mol. The van der Waals surface area contributed by atoms with Gasteiger partial charge in [-0.3, -0.25) is 4.79 Å². The van der Waals surface area contributed by atoms with E-state index in [0.29, 0.717) is 12.5 Å². The van der Waals surface area contributed by atoms with Crippen LogP contribution in [-0.4, -0.2) is 36.0 Å². The molecule has 1 heterocycles. The quantitative estimate of drug-likeness (QED) is 0.919. The summed E-state index contributed by atoms with van der Waals surface area (Å²) < 4.78 is 0. The van der Waals surface area contributed by atoms with Crippen molar-refractivity contribution in [1.29, 1.82) is 0 Å². The van der Waals surface area contributed by atoms with Crippen molar-refractivity contribution in [2.45, 2.75) is 51.6 Å². The molecule has 0 aromatic heterocycles. The predicted octanol–water partition coefficient (Wildman–Crippen LogP) is 2.56. The average Bonchev–Trinajstić information content (AvgIpc) is 2.42. The standard InChI is InChI=1S/C17H26N2O/c1-13-14(2)19(11-10-18-13)16(20)12-17(3,4)15-8-6-5-7-9-15/h5-9,13-14,18H,10-12H2,1-4H3. The summed E-state index contributed by atoms with van der Waals surface area (Å²) in [7, 11) is 0. The number of carbonyl (C=O) groups excluding carboxylic acids is 1. The normalized spacial score (nSPS) is 23.7. The monoisotopic (exact) mass is 274 g/mol. The molecule has 1 amide bonds. The third-order valence-corrected chi connectivity index (χ3v) is 4.50. The first kappa shape index (κ1) is 15.0. The van der Waals surface area contributed by atoms with E-state index in [4.69, 9.17) is 0 Å². The molecule has 20 heavy (non-hydrogen) atoms. The molecule has 0 aliphatic carbocycles. The molecule has 3 nitrogen and oxygen atoms in total. The first-order chi connectivity index (χ1) is 9.42. The Morgan fingerprint density at radius 1 is 1.30 bits per heavy atom. The topological polar surface area (TPSA) is 32.3 Å². The van der Waals surface area contributed by atoms with Gasteiger partial charge >= 0.3 is 0 Å². The third-order valence-electron chi connectivity index (χ3n) is 4.50. The lowest BCUT2D eigenvalue weighted by molar-refractivity contribution is -0.136. The van der Waals surface area contributed by atoms with E-state index in [9.17, 15) is 4.79 Å². The van der Waals surface area contributed by atoms with E-state index in [1.165, 1.54) is 5.56 Å². The van der Waals surface area contributed by atoms with Crippen LogP contribution in [0.4, 0.5) is 0 Å². The Morgan fingerprint density at radius 3 is 2.60 bits per heavy atom. The van der Waals surface area contributed by atoms with E-state index in [2.05, 4.69) is 45.1 Å². The van der Waals surface area contributed by atoms with Gasteiger partial charge in [-0.2, -0.15) is 0 Å². The zero-order valence-electron chi connectivity index (χ0n) is 13.0. The second kappa shape index (κ2) is 5.96. The van der Waals surface area contributed by atoms with Crippen molar-refractivity contribution in [3.63, 3.8) is 0 Å². The molecule has 2 atom stereocenters. The Kier molecular flexibility index (Phi) is 4.48. The lowest BCUT2D eigenvalue weighted by atomic mass is 9.81. The SMILES string of the molecule is CC1NCCN(C(=O)CC(C)(C)c2ccccc2)C1C. The summed E-state index contributed by atoms with van der Waals surface area (Å²) in [6.45, 7) is 10.3. The summed E-state index contributed by atoms with van der Waals surface area (Å²) in [5.74, 6) is 0.264. The van der Waals surface area contributed by atoms with E-state index >= 15 is 0 Å². The number of hydrogen-bond donors (Lipinski definition) is 1. The zero-order valence-corrected chi connectivity index (χ0v) is 13.0. The van der Waals surface area contributed by atoms with Crippen LogP contribution < -0.4 is 5.32 Å². The van der Waals surface area contributed by atoms with Gasteiger partial charge in [0, 0.05) is 31.6 Å². The lowest BCUT2D eigenvalue weighted by Gasteiger charge is -2.40. The largest absolute Gasteiger partial charge is 0.337 e. The van der Waals surface area contributed by atoms with E-state index in [1.54, 1.807) is 0 Å². The van der Waals surface area contributed by atoms with Crippen LogP contribution in [0, 0.1) is 0 Å². The Morgan fingerprint density at radius 2 is 1.95 bits per heavy atom. The molecule has 0 saturated carbocycles. The van der Waals surface area contributed by atoms with Crippen molar-refractivity contribution in [2.24, 2.45) is 0 Å². The van der Waals surface area contributed by atoms with E-state index < -0.39 is 0 Å². The first-order valence-electron chi connectivity index (χ1n) is 7.50. The van der Waals surface area contributed by atoms with Crippen LogP contribution >= 0.6 is 0 Å². The smallest absolute Gasteiger partial charge is 0.223 e. The molecule has 3 heteroatoms. The number of carbonyl (C=O) groups is 1. The second-order valence-electron chi connectivity index (χ2n) is 6.50. The van der Waals surface area contributed by atoms with E-state index in [0.717, 1.165) is 13.1 Å². The van der Waals surface area contributed by atoms with Gasteiger partial charge < -0.3 is 10.2 Å². The van der Waals surface area contributed by atoms with Crippen molar-refractivity contribution < 1.29 is 4.79 Å². The Hall–Kier alpha value is -1.35. The molecular weight excluding hydrogens is 248 g/mol. The summed E-state index contributed by atoms with van der Waals surface area (Å²) in [6.07, 6.45) is 0.564. The first-order valence-corrected chi connectivity index (χ1v) is 7.50. The molecule has 1 aliphatic heterocycles. The number of hydrogen-bond acceptors (Lipinski definition) is 2. The van der Waals surface area contributed by atoms with Gasteiger partial charge in [0.05, 0.1) is 0 Å². The van der Waals surface area contributed by atoms with Gasteiger partial charge in [0.1, 0.15) is 0 Å². The van der Waals surface area contributed by atoms with Crippen LogP contribution in [0.3, 0.4) is 0 Å². The Balaban J connectivity index is 2.07. The highest BCUT2D eigenvalue weighted by atomic mass is 16.2. The molecule has 2 rings (SSSR count). The molecule has 1 saturated heterocycles. The molecule has 110 valence electrons. The predicted molar refractivity (Wildman–Crippen MR) is 82.7 cm³/mol. The number of piperazine rings is 1. The van der Waals surface area contributed by atoms with Crippen molar-refractivity contribution in [1.82, 2.24) is 10.2 Å². The highest BCUT2D eigenvalue weighted by Crippen LogP contribution is 2.28.